The summed E-state index contributed by atoms with van der Waals surface area (Å²) in [5.41, 5.74) is -1.19. The number of halogens is 3. The number of carbonyl (C=O) groups is 1. The van der Waals surface area contributed by atoms with Gasteiger partial charge in [-0.05, 0) is 13.8 Å². The predicted octanol–water partition coefficient (Wildman–Crippen LogP) is 2.10. The van der Waals surface area contributed by atoms with Gasteiger partial charge in [-0.2, -0.15) is 18.2 Å². The van der Waals surface area contributed by atoms with E-state index in [1.165, 1.54) is 0 Å². The van der Waals surface area contributed by atoms with E-state index in [0.29, 0.717) is 6.07 Å². The fourth-order valence-electron chi connectivity index (χ4n) is 0.943. The number of hydrogen-bond donors (Lipinski definition) is 0. The third-order valence-electron chi connectivity index (χ3n) is 1.47. The lowest BCUT2D eigenvalue weighted by Crippen LogP contribution is -2.14. The molecule has 0 unspecified atom stereocenters. The molecule has 0 radical (unpaired) electrons. The van der Waals surface area contributed by atoms with E-state index in [2.05, 4.69) is 9.97 Å². The molecule has 0 atom stereocenters. The van der Waals surface area contributed by atoms with Crippen LogP contribution in [0.4, 0.5) is 13.2 Å². The molecule has 4 nitrogen and oxygen atoms in total. The Morgan fingerprint density at radius 3 is 2.44 bits per heavy atom. The lowest BCUT2D eigenvalue weighted by atomic mass is 10.3. The Kier molecular flexibility index (Phi) is 3.46. The third-order valence-corrected chi connectivity index (χ3v) is 1.47. The highest BCUT2D eigenvalue weighted by atomic mass is 19.4. The van der Waals surface area contributed by atoms with Gasteiger partial charge in [0.1, 0.15) is 0 Å². The SMILES string of the molecule is CC(C)Oc1cc(C(F)(F)F)nc(C=O)n1. The zero-order valence-corrected chi connectivity index (χ0v) is 8.58. The summed E-state index contributed by atoms with van der Waals surface area (Å²) in [6.07, 6.45) is -4.83. The van der Waals surface area contributed by atoms with Gasteiger partial charge in [-0.1, -0.05) is 0 Å². The van der Waals surface area contributed by atoms with Crippen molar-refractivity contribution in [3.8, 4) is 5.88 Å². The van der Waals surface area contributed by atoms with E-state index in [0.717, 1.165) is 0 Å². The summed E-state index contributed by atoms with van der Waals surface area (Å²) in [6.45, 7) is 3.27. The number of hydrogen-bond acceptors (Lipinski definition) is 4. The van der Waals surface area contributed by atoms with Crippen LogP contribution in [0.3, 0.4) is 0 Å². The first kappa shape index (κ1) is 12.4. The van der Waals surface area contributed by atoms with Crippen LogP contribution >= 0.6 is 0 Å². The maximum Gasteiger partial charge on any atom is 0.433 e. The smallest absolute Gasteiger partial charge is 0.433 e. The molecule has 0 aliphatic rings. The number of aromatic nitrogens is 2. The maximum atomic E-state index is 12.4. The minimum Gasteiger partial charge on any atom is -0.475 e. The zero-order valence-electron chi connectivity index (χ0n) is 8.58. The summed E-state index contributed by atoms with van der Waals surface area (Å²) in [6, 6.07) is 0.660. The van der Waals surface area contributed by atoms with Crippen LogP contribution < -0.4 is 4.74 Å². The lowest BCUT2D eigenvalue weighted by molar-refractivity contribution is -0.141. The highest BCUT2D eigenvalue weighted by Crippen LogP contribution is 2.29. The van der Waals surface area contributed by atoms with Crippen LogP contribution in [0.25, 0.3) is 0 Å². The summed E-state index contributed by atoms with van der Waals surface area (Å²) in [4.78, 5) is 16.9. The Morgan fingerprint density at radius 2 is 2.00 bits per heavy atom. The molecule has 7 heteroatoms. The number of ether oxygens (including phenoxy) is 1. The number of carbonyl (C=O) groups excluding carboxylic acids is 1. The van der Waals surface area contributed by atoms with Crippen molar-refractivity contribution in [2.24, 2.45) is 0 Å². The van der Waals surface area contributed by atoms with Crippen LogP contribution in [-0.4, -0.2) is 22.4 Å². The molecule has 0 amide bonds. The van der Waals surface area contributed by atoms with Gasteiger partial charge in [-0.25, -0.2) is 4.98 Å². The second-order valence-corrected chi connectivity index (χ2v) is 3.23. The molecule has 0 aliphatic carbocycles. The average Bonchev–Trinajstić information content (AvgIpc) is 2.14. The number of rotatable bonds is 3. The van der Waals surface area contributed by atoms with Crippen molar-refractivity contribution in [3.63, 3.8) is 0 Å². The third kappa shape index (κ3) is 3.18. The fourth-order valence-corrected chi connectivity index (χ4v) is 0.943. The Balaban J connectivity index is 3.16. The Hall–Kier alpha value is -1.66. The molecular weight excluding hydrogens is 225 g/mol. The molecule has 0 N–H and O–H groups in total. The van der Waals surface area contributed by atoms with E-state index in [1.54, 1.807) is 13.8 Å². The molecule has 1 aromatic rings. The average molecular weight is 234 g/mol. The Morgan fingerprint density at radius 1 is 1.38 bits per heavy atom. The van der Waals surface area contributed by atoms with Crippen molar-refractivity contribution in [1.29, 1.82) is 0 Å². The molecule has 0 fully saturated rings. The molecule has 0 spiro atoms. The largest absolute Gasteiger partial charge is 0.475 e. The van der Waals surface area contributed by atoms with E-state index in [4.69, 9.17) is 4.74 Å². The topological polar surface area (TPSA) is 52.1 Å². The van der Waals surface area contributed by atoms with Crippen molar-refractivity contribution in [2.75, 3.05) is 0 Å². The monoisotopic (exact) mass is 234 g/mol. The molecule has 16 heavy (non-hydrogen) atoms. The van der Waals surface area contributed by atoms with E-state index >= 15 is 0 Å². The van der Waals surface area contributed by atoms with Gasteiger partial charge in [0, 0.05) is 6.07 Å². The summed E-state index contributed by atoms with van der Waals surface area (Å²) in [7, 11) is 0. The maximum absolute atomic E-state index is 12.4. The van der Waals surface area contributed by atoms with Crippen LogP contribution in [-0.2, 0) is 6.18 Å². The highest BCUT2D eigenvalue weighted by Gasteiger charge is 2.34. The van der Waals surface area contributed by atoms with Gasteiger partial charge in [0.2, 0.25) is 5.88 Å². The first-order valence-corrected chi connectivity index (χ1v) is 4.41. The minimum atomic E-state index is -4.63. The molecule has 0 aliphatic heterocycles. The van der Waals surface area contributed by atoms with Gasteiger partial charge in [0.05, 0.1) is 6.10 Å². The summed E-state index contributed by atoms with van der Waals surface area (Å²) >= 11 is 0. The Labute approximate surface area is 89.5 Å². The number of aldehydes is 1. The van der Waals surface area contributed by atoms with Crippen LogP contribution in [0.2, 0.25) is 0 Å². The van der Waals surface area contributed by atoms with Crippen molar-refractivity contribution in [2.45, 2.75) is 26.1 Å². The first-order chi connectivity index (χ1) is 7.32. The van der Waals surface area contributed by atoms with E-state index in [-0.39, 0.29) is 18.3 Å². The second kappa shape index (κ2) is 4.46. The second-order valence-electron chi connectivity index (χ2n) is 3.23. The quantitative estimate of drug-likeness (QED) is 0.751. The van der Waals surface area contributed by atoms with Gasteiger partial charge in [-0.3, -0.25) is 4.79 Å². The van der Waals surface area contributed by atoms with Crippen LogP contribution in [0.15, 0.2) is 6.07 Å². The van der Waals surface area contributed by atoms with Crippen LogP contribution in [0.5, 0.6) is 5.88 Å². The van der Waals surface area contributed by atoms with Gasteiger partial charge in [0.15, 0.2) is 17.8 Å². The first-order valence-electron chi connectivity index (χ1n) is 4.41. The van der Waals surface area contributed by atoms with Crippen molar-refractivity contribution < 1.29 is 22.7 Å². The molecule has 0 saturated heterocycles. The van der Waals surface area contributed by atoms with Gasteiger partial charge in [-0.15, -0.1) is 0 Å². The lowest BCUT2D eigenvalue weighted by Gasteiger charge is -2.11. The molecule has 1 heterocycles. The van der Waals surface area contributed by atoms with Gasteiger partial charge < -0.3 is 4.74 Å². The fraction of sp³-hybridized carbons (Fsp3) is 0.444. The van der Waals surface area contributed by atoms with E-state index in [9.17, 15) is 18.0 Å². The standard InChI is InChI=1S/C9H9F3N2O2/c1-5(2)16-8-3-6(9(10,11)12)13-7(4-15)14-8/h3-5H,1-2H3. The zero-order chi connectivity index (χ0) is 12.3. The molecule has 1 rings (SSSR count). The van der Waals surface area contributed by atoms with Crippen LogP contribution in [0.1, 0.15) is 30.2 Å². The summed E-state index contributed by atoms with van der Waals surface area (Å²) in [5.74, 6) is -0.815. The molecule has 88 valence electrons. The van der Waals surface area contributed by atoms with Crippen molar-refractivity contribution >= 4 is 6.29 Å². The molecule has 0 saturated carbocycles. The number of alkyl halides is 3. The summed E-state index contributed by atoms with van der Waals surface area (Å²) in [5, 5.41) is 0. The van der Waals surface area contributed by atoms with Crippen molar-refractivity contribution in [3.05, 3.63) is 17.6 Å². The summed E-state index contributed by atoms with van der Waals surface area (Å²) < 4.78 is 42.1. The highest BCUT2D eigenvalue weighted by molar-refractivity contribution is 5.69. The number of nitrogens with zero attached hydrogens (tertiary/aromatic N) is 2. The van der Waals surface area contributed by atoms with E-state index < -0.39 is 17.7 Å². The predicted molar refractivity (Wildman–Crippen MR) is 48.2 cm³/mol. The van der Waals surface area contributed by atoms with Gasteiger partial charge in [0.25, 0.3) is 0 Å². The molecule has 0 bridgehead atoms. The van der Waals surface area contributed by atoms with Gasteiger partial charge >= 0.3 is 6.18 Å². The Bertz CT molecular complexity index is 391. The minimum absolute atomic E-state index is 0.141. The normalized spacial score (nSPS) is 11.6. The molecule has 0 aromatic carbocycles. The van der Waals surface area contributed by atoms with Crippen LogP contribution in [0, 0.1) is 0 Å². The molecule has 1 aromatic heterocycles. The molecular formula is C9H9F3N2O2. The van der Waals surface area contributed by atoms with Crippen molar-refractivity contribution in [1.82, 2.24) is 9.97 Å². The van der Waals surface area contributed by atoms with E-state index in [1.807, 2.05) is 0 Å².